The van der Waals surface area contributed by atoms with Crippen LogP contribution in [0.25, 0.3) is 0 Å². The normalized spacial score (nSPS) is 12.9. The highest BCUT2D eigenvalue weighted by Gasteiger charge is 2.18. The van der Waals surface area contributed by atoms with E-state index in [0.29, 0.717) is 18.9 Å². The molecule has 1 atom stereocenters. The molecule has 0 saturated heterocycles. The van der Waals surface area contributed by atoms with Crippen molar-refractivity contribution in [2.45, 2.75) is 53.2 Å². The fourth-order valence-electron chi connectivity index (χ4n) is 1.99. The molecule has 1 unspecified atom stereocenters. The molecule has 1 aromatic heterocycles. The van der Waals surface area contributed by atoms with Gasteiger partial charge in [-0.25, -0.2) is 0 Å². The van der Waals surface area contributed by atoms with Crippen LogP contribution < -0.4 is 5.32 Å². The van der Waals surface area contributed by atoms with Crippen molar-refractivity contribution in [1.29, 1.82) is 0 Å². The highest BCUT2D eigenvalue weighted by Crippen LogP contribution is 2.08. The zero-order chi connectivity index (χ0) is 13.7. The second-order valence-corrected chi connectivity index (χ2v) is 4.99. The lowest BCUT2D eigenvalue weighted by Crippen LogP contribution is -2.37. The van der Waals surface area contributed by atoms with Crippen molar-refractivity contribution < 1.29 is 9.90 Å². The zero-order valence-corrected chi connectivity index (χ0v) is 11.6. The van der Waals surface area contributed by atoms with Crippen molar-refractivity contribution in [3.05, 3.63) is 17.5 Å². The number of hydrogen-bond acceptors (Lipinski definition) is 3. The van der Waals surface area contributed by atoms with Gasteiger partial charge in [0.1, 0.15) is 6.04 Å². The minimum atomic E-state index is -0.789. The Labute approximate surface area is 108 Å². The number of carboxylic acids is 1. The Kier molecular flexibility index (Phi) is 5.34. The van der Waals surface area contributed by atoms with Crippen molar-refractivity contribution in [1.82, 2.24) is 15.1 Å². The summed E-state index contributed by atoms with van der Waals surface area (Å²) in [7, 11) is 0. The van der Waals surface area contributed by atoms with E-state index in [1.54, 1.807) is 0 Å². The standard InChI is InChI=1S/C13H23N3O2/c1-5-16-11(7-10(4)15-16)8-14-12(13(17)18)6-9(2)3/h7,9,12,14H,5-6,8H2,1-4H3,(H,17,18). The molecule has 0 aliphatic rings. The van der Waals surface area contributed by atoms with E-state index in [0.717, 1.165) is 17.9 Å². The van der Waals surface area contributed by atoms with Crippen LogP contribution in [-0.2, 0) is 17.9 Å². The van der Waals surface area contributed by atoms with E-state index in [1.165, 1.54) is 0 Å². The third-order valence-corrected chi connectivity index (χ3v) is 2.82. The Hall–Kier alpha value is -1.36. The topological polar surface area (TPSA) is 67.2 Å². The van der Waals surface area contributed by atoms with Gasteiger partial charge in [-0.05, 0) is 32.3 Å². The van der Waals surface area contributed by atoms with Gasteiger partial charge in [-0.2, -0.15) is 5.10 Å². The molecule has 0 radical (unpaired) electrons. The summed E-state index contributed by atoms with van der Waals surface area (Å²) < 4.78 is 1.90. The number of aliphatic carboxylic acids is 1. The van der Waals surface area contributed by atoms with Gasteiger partial charge in [-0.15, -0.1) is 0 Å². The predicted molar refractivity (Wildman–Crippen MR) is 70.4 cm³/mol. The molecule has 0 aromatic carbocycles. The first-order valence-corrected chi connectivity index (χ1v) is 6.43. The molecule has 1 rings (SSSR count). The molecule has 102 valence electrons. The second-order valence-electron chi connectivity index (χ2n) is 4.99. The Balaban J connectivity index is 2.63. The molecule has 0 spiro atoms. The summed E-state index contributed by atoms with van der Waals surface area (Å²) in [6.07, 6.45) is 0.634. The Morgan fingerprint density at radius 3 is 2.72 bits per heavy atom. The molecule has 0 bridgehead atoms. The molecule has 0 amide bonds. The fraction of sp³-hybridized carbons (Fsp3) is 0.692. The van der Waals surface area contributed by atoms with Crippen LogP contribution in [0.4, 0.5) is 0 Å². The Morgan fingerprint density at radius 1 is 1.56 bits per heavy atom. The summed E-state index contributed by atoms with van der Waals surface area (Å²) in [5, 5.41) is 16.6. The molecule has 0 fully saturated rings. The molecule has 1 aromatic rings. The average molecular weight is 253 g/mol. The van der Waals surface area contributed by atoms with Gasteiger partial charge >= 0.3 is 5.97 Å². The maximum Gasteiger partial charge on any atom is 0.320 e. The molecule has 18 heavy (non-hydrogen) atoms. The van der Waals surface area contributed by atoms with Crippen LogP contribution in [0.2, 0.25) is 0 Å². The highest BCUT2D eigenvalue weighted by molar-refractivity contribution is 5.73. The third kappa shape index (κ3) is 4.14. The van der Waals surface area contributed by atoms with Crippen molar-refractivity contribution in [2.24, 2.45) is 5.92 Å². The van der Waals surface area contributed by atoms with Crippen molar-refractivity contribution >= 4 is 5.97 Å². The van der Waals surface area contributed by atoms with Crippen LogP contribution in [0, 0.1) is 12.8 Å². The summed E-state index contributed by atoms with van der Waals surface area (Å²) in [5.41, 5.74) is 1.99. The first kappa shape index (κ1) is 14.7. The van der Waals surface area contributed by atoms with Gasteiger partial charge < -0.3 is 5.11 Å². The highest BCUT2D eigenvalue weighted by atomic mass is 16.4. The number of carboxylic acid groups (broad SMARTS) is 1. The molecule has 0 aliphatic heterocycles. The zero-order valence-electron chi connectivity index (χ0n) is 11.6. The first-order chi connectivity index (χ1) is 8.43. The molecular weight excluding hydrogens is 230 g/mol. The smallest absolute Gasteiger partial charge is 0.320 e. The number of aryl methyl sites for hydroxylation is 2. The van der Waals surface area contributed by atoms with E-state index in [1.807, 2.05) is 38.4 Å². The number of hydrogen-bond donors (Lipinski definition) is 2. The van der Waals surface area contributed by atoms with Gasteiger partial charge in [0.15, 0.2) is 0 Å². The average Bonchev–Trinajstić information content (AvgIpc) is 2.64. The van der Waals surface area contributed by atoms with Crippen molar-refractivity contribution in [3.8, 4) is 0 Å². The Bertz CT molecular complexity index is 399. The van der Waals surface area contributed by atoms with Gasteiger partial charge in [-0.1, -0.05) is 13.8 Å². The number of aromatic nitrogens is 2. The second kappa shape index (κ2) is 6.54. The minimum Gasteiger partial charge on any atom is -0.480 e. The van der Waals surface area contributed by atoms with E-state index in [2.05, 4.69) is 10.4 Å². The van der Waals surface area contributed by atoms with Crippen LogP contribution in [0.3, 0.4) is 0 Å². The minimum absolute atomic E-state index is 0.358. The lowest BCUT2D eigenvalue weighted by molar-refractivity contribution is -0.140. The molecule has 1 heterocycles. The van der Waals surface area contributed by atoms with Crippen LogP contribution in [0.1, 0.15) is 38.6 Å². The molecule has 2 N–H and O–H groups in total. The quantitative estimate of drug-likeness (QED) is 0.777. The molecule has 5 nitrogen and oxygen atoms in total. The van der Waals surface area contributed by atoms with Gasteiger partial charge in [0.2, 0.25) is 0 Å². The first-order valence-electron chi connectivity index (χ1n) is 6.43. The summed E-state index contributed by atoms with van der Waals surface area (Å²) in [6, 6.07) is 1.50. The number of nitrogens with zero attached hydrogens (tertiary/aromatic N) is 2. The van der Waals surface area contributed by atoms with Gasteiger partial charge in [0.05, 0.1) is 11.4 Å². The molecule has 0 saturated carbocycles. The number of carbonyl (C=O) groups is 1. The lowest BCUT2D eigenvalue weighted by atomic mass is 10.0. The van der Waals surface area contributed by atoms with E-state index in [9.17, 15) is 4.79 Å². The molecule has 0 aliphatic carbocycles. The summed E-state index contributed by atoms with van der Waals surface area (Å²) in [6.45, 7) is 9.36. The van der Waals surface area contributed by atoms with Crippen LogP contribution in [-0.4, -0.2) is 26.9 Å². The van der Waals surface area contributed by atoms with Crippen LogP contribution in [0.5, 0.6) is 0 Å². The van der Waals surface area contributed by atoms with Gasteiger partial charge in [0, 0.05) is 13.1 Å². The van der Waals surface area contributed by atoms with Crippen LogP contribution >= 0.6 is 0 Å². The number of rotatable bonds is 7. The van der Waals surface area contributed by atoms with E-state index in [-0.39, 0.29) is 0 Å². The summed E-state index contributed by atoms with van der Waals surface area (Å²) >= 11 is 0. The number of nitrogens with one attached hydrogen (secondary N) is 1. The van der Waals surface area contributed by atoms with E-state index >= 15 is 0 Å². The molecule has 5 heteroatoms. The largest absolute Gasteiger partial charge is 0.480 e. The van der Waals surface area contributed by atoms with Crippen molar-refractivity contribution in [3.63, 3.8) is 0 Å². The summed E-state index contributed by atoms with van der Waals surface area (Å²) in [4.78, 5) is 11.1. The Morgan fingerprint density at radius 2 is 2.22 bits per heavy atom. The van der Waals surface area contributed by atoms with E-state index < -0.39 is 12.0 Å². The predicted octanol–water partition coefficient (Wildman–Crippen LogP) is 1.80. The SMILES string of the molecule is CCn1nc(C)cc1CNC(CC(C)C)C(=O)O. The van der Waals surface area contributed by atoms with Gasteiger partial charge in [-0.3, -0.25) is 14.8 Å². The monoisotopic (exact) mass is 253 g/mol. The lowest BCUT2D eigenvalue weighted by Gasteiger charge is -2.16. The maximum absolute atomic E-state index is 11.1. The van der Waals surface area contributed by atoms with Crippen LogP contribution in [0.15, 0.2) is 6.07 Å². The fourth-order valence-corrected chi connectivity index (χ4v) is 1.99. The maximum atomic E-state index is 11.1. The third-order valence-electron chi connectivity index (χ3n) is 2.82. The molecular formula is C13H23N3O2. The van der Waals surface area contributed by atoms with E-state index in [4.69, 9.17) is 5.11 Å². The van der Waals surface area contributed by atoms with Gasteiger partial charge in [0.25, 0.3) is 0 Å². The summed E-state index contributed by atoms with van der Waals surface area (Å²) in [5.74, 6) is -0.431. The van der Waals surface area contributed by atoms with Crippen molar-refractivity contribution in [2.75, 3.05) is 0 Å².